The molecule has 0 radical (unpaired) electrons. The van der Waals surface area contributed by atoms with Crippen molar-refractivity contribution in [3.63, 3.8) is 0 Å². The van der Waals surface area contributed by atoms with Gasteiger partial charge in [0, 0.05) is 36.0 Å². The molecule has 1 aromatic carbocycles. The number of benzene rings is 1. The molecule has 1 atom stereocenters. The van der Waals surface area contributed by atoms with Gasteiger partial charge in [0.05, 0.1) is 15.7 Å². The third kappa shape index (κ3) is 5.13. The topological polar surface area (TPSA) is 105 Å². The zero-order chi connectivity index (χ0) is 23.6. The van der Waals surface area contributed by atoms with E-state index in [1.165, 1.54) is 15.6 Å². The third-order valence-electron chi connectivity index (χ3n) is 5.65. The van der Waals surface area contributed by atoms with Crippen LogP contribution in [0, 0.1) is 12.8 Å². The maximum absolute atomic E-state index is 13.4. The van der Waals surface area contributed by atoms with Crippen LogP contribution in [0.25, 0.3) is 10.7 Å². The summed E-state index contributed by atoms with van der Waals surface area (Å²) in [6.45, 7) is 4.50. The van der Waals surface area contributed by atoms with Gasteiger partial charge in [0.2, 0.25) is 27.6 Å². The summed E-state index contributed by atoms with van der Waals surface area (Å²) in [6, 6.07) is 8.91. The molecular formula is C22H25ClN4O4S2. The summed E-state index contributed by atoms with van der Waals surface area (Å²) in [7, 11) is -3.76. The molecule has 11 heteroatoms. The smallest absolute Gasteiger partial charge is 0.244 e. The normalized spacial score (nSPS) is 17.2. The Balaban J connectivity index is 1.47. The molecule has 1 aliphatic rings. The van der Waals surface area contributed by atoms with E-state index in [2.05, 4.69) is 15.5 Å². The highest BCUT2D eigenvalue weighted by atomic mass is 35.5. The number of carbonyl (C=O) groups is 1. The summed E-state index contributed by atoms with van der Waals surface area (Å²) < 4.78 is 33.4. The minimum Gasteiger partial charge on any atom is -0.352 e. The molecule has 8 nitrogen and oxygen atoms in total. The molecule has 1 amide bonds. The molecule has 1 aliphatic heterocycles. The maximum atomic E-state index is 13.4. The Morgan fingerprint density at radius 3 is 2.88 bits per heavy atom. The standard InChI is InChI=1S/C22H25ClN4O4S2/c1-3-20-25-21(26-31-20)18-11-19(14(2)32-18)33(29,30)27-10-6-8-16(13-27)22(28)24-12-15-7-4-5-9-17(15)23/h4-5,7,9,11,16H,3,6,8,10,12-13H2,1-2H3,(H,24,28). The lowest BCUT2D eigenvalue weighted by Crippen LogP contribution is -2.45. The zero-order valence-corrected chi connectivity index (χ0v) is 20.8. The van der Waals surface area contributed by atoms with Crippen molar-refractivity contribution < 1.29 is 17.7 Å². The number of aromatic nitrogens is 2. The fraction of sp³-hybridized carbons (Fsp3) is 0.409. The number of halogens is 1. The molecule has 0 bridgehead atoms. The molecule has 3 aromatic rings. The number of rotatable bonds is 7. The molecule has 0 spiro atoms. The van der Waals surface area contributed by atoms with Crippen molar-refractivity contribution in [3.8, 4) is 10.7 Å². The lowest BCUT2D eigenvalue weighted by Gasteiger charge is -2.31. The van der Waals surface area contributed by atoms with Crippen molar-refractivity contribution in [1.29, 1.82) is 0 Å². The largest absolute Gasteiger partial charge is 0.352 e. The first-order chi connectivity index (χ1) is 15.8. The van der Waals surface area contributed by atoms with Crippen LogP contribution in [0.15, 0.2) is 39.8 Å². The second-order valence-corrected chi connectivity index (χ2v) is 11.5. The second-order valence-electron chi connectivity index (χ2n) is 7.91. The first kappa shape index (κ1) is 23.9. The van der Waals surface area contributed by atoms with Gasteiger partial charge in [-0.05, 0) is 37.5 Å². The summed E-state index contributed by atoms with van der Waals surface area (Å²) in [6.07, 6.45) is 1.86. The van der Waals surface area contributed by atoms with Crippen LogP contribution in [0.2, 0.25) is 5.02 Å². The van der Waals surface area contributed by atoms with E-state index in [9.17, 15) is 13.2 Å². The number of nitrogens with one attached hydrogen (secondary N) is 1. The molecule has 3 heterocycles. The van der Waals surface area contributed by atoms with Gasteiger partial charge in [0.1, 0.15) is 0 Å². The summed E-state index contributed by atoms with van der Waals surface area (Å²) in [5.41, 5.74) is 0.821. The average molecular weight is 509 g/mol. The third-order valence-corrected chi connectivity index (χ3v) is 9.18. The van der Waals surface area contributed by atoms with Gasteiger partial charge < -0.3 is 9.84 Å². The molecule has 1 fully saturated rings. The highest BCUT2D eigenvalue weighted by Gasteiger charge is 2.35. The maximum Gasteiger partial charge on any atom is 0.244 e. The van der Waals surface area contributed by atoms with Crippen LogP contribution >= 0.6 is 22.9 Å². The Labute approximate surface area is 202 Å². The van der Waals surface area contributed by atoms with Gasteiger partial charge in [-0.1, -0.05) is 41.9 Å². The van der Waals surface area contributed by atoms with Crippen LogP contribution in [0.4, 0.5) is 0 Å². The van der Waals surface area contributed by atoms with Crippen molar-refractivity contribution >= 4 is 38.9 Å². The minimum absolute atomic E-state index is 0.142. The summed E-state index contributed by atoms with van der Waals surface area (Å²) in [5.74, 6) is 0.300. The Hall–Kier alpha value is -2.27. The van der Waals surface area contributed by atoms with Gasteiger partial charge in [-0.25, -0.2) is 8.42 Å². The summed E-state index contributed by atoms with van der Waals surface area (Å²) in [4.78, 5) is 18.6. The van der Waals surface area contributed by atoms with Gasteiger partial charge in [-0.15, -0.1) is 11.3 Å². The second kappa shape index (κ2) is 9.92. The summed E-state index contributed by atoms with van der Waals surface area (Å²) >= 11 is 7.48. The van der Waals surface area contributed by atoms with Crippen LogP contribution in [0.3, 0.4) is 0 Å². The van der Waals surface area contributed by atoms with Gasteiger partial charge in [-0.3, -0.25) is 4.79 Å². The van der Waals surface area contributed by atoms with Crippen LogP contribution in [-0.2, 0) is 27.8 Å². The number of aryl methyl sites for hydroxylation is 2. The number of amides is 1. The number of thiophene rings is 1. The van der Waals surface area contributed by atoms with Gasteiger partial charge in [-0.2, -0.15) is 9.29 Å². The number of hydrogen-bond donors (Lipinski definition) is 1. The number of nitrogens with zero attached hydrogens (tertiary/aromatic N) is 3. The molecule has 1 N–H and O–H groups in total. The van der Waals surface area contributed by atoms with Crippen molar-refractivity contribution in [1.82, 2.24) is 19.8 Å². The monoisotopic (exact) mass is 508 g/mol. The zero-order valence-electron chi connectivity index (χ0n) is 18.4. The molecule has 176 valence electrons. The quantitative estimate of drug-likeness (QED) is 0.516. The molecule has 0 saturated carbocycles. The molecular weight excluding hydrogens is 484 g/mol. The highest BCUT2D eigenvalue weighted by Crippen LogP contribution is 2.35. The molecule has 0 aliphatic carbocycles. The Morgan fingerprint density at radius 2 is 2.15 bits per heavy atom. The first-order valence-electron chi connectivity index (χ1n) is 10.7. The fourth-order valence-electron chi connectivity index (χ4n) is 3.81. The van der Waals surface area contributed by atoms with Crippen LogP contribution < -0.4 is 5.32 Å². The fourth-order valence-corrected chi connectivity index (χ4v) is 7.02. The number of piperidine rings is 1. The summed E-state index contributed by atoms with van der Waals surface area (Å²) in [5, 5.41) is 7.43. The SMILES string of the molecule is CCc1nc(-c2cc(S(=O)(=O)N3CCCC(C(=O)NCc4ccccc4Cl)C3)c(C)s2)no1. The molecule has 1 saturated heterocycles. The van der Waals surface area contributed by atoms with E-state index in [1.807, 2.05) is 25.1 Å². The lowest BCUT2D eigenvalue weighted by molar-refractivity contribution is -0.126. The lowest BCUT2D eigenvalue weighted by atomic mass is 9.99. The van der Waals surface area contributed by atoms with Crippen LogP contribution in [0.5, 0.6) is 0 Å². The Kier molecular flexibility index (Phi) is 7.18. The van der Waals surface area contributed by atoms with E-state index in [4.69, 9.17) is 16.1 Å². The van der Waals surface area contributed by atoms with E-state index in [1.54, 1.807) is 19.1 Å². The number of sulfonamides is 1. The van der Waals surface area contributed by atoms with E-state index in [-0.39, 0.29) is 17.3 Å². The predicted octanol–water partition coefficient (Wildman–Crippen LogP) is 4.04. The molecule has 1 unspecified atom stereocenters. The first-order valence-corrected chi connectivity index (χ1v) is 13.4. The van der Waals surface area contributed by atoms with Gasteiger partial charge in [0.25, 0.3) is 0 Å². The van der Waals surface area contributed by atoms with Gasteiger partial charge in [0.15, 0.2) is 0 Å². The Morgan fingerprint density at radius 1 is 1.36 bits per heavy atom. The van der Waals surface area contributed by atoms with E-state index < -0.39 is 15.9 Å². The van der Waals surface area contributed by atoms with E-state index >= 15 is 0 Å². The molecule has 2 aromatic heterocycles. The molecule has 33 heavy (non-hydrogen) atoms. The van der Waals surface area contributed by atoms with E-state index in [0.717, 1.165) is 5.56 Å². The number of carbonyl (C=O) groups excluding carboxylic acids is 1. The van der Waals surface area contributed by atoms with Crippen molar-refractivity contribution in [3.05, 3.63) is 51.7 Å². The average Bonchev–Trinajstić information content (AvgIpc) is 3.45. The van der Waals surface area contributed by atoms with Crippen molar-refractivity contribution in [2.45, 2.75) is 44.6 Å². The highest BCUT2D eigenvalue weighted by molar-refractivity contribution is 7.89. The predicted molar refractivity (Wildman–Crippen MR) is 127 cm³/mol. The van der Waals surface area contributed by atoms with Crippen molar-refractivity contribution in [2.75, 3.05) is 13.1 Å². The Bertz CT molecular complexity index is 1250. The number of hydrogen-bond acceptors (Lipinski definition) is 7. The van der Waals surface area contributed by atoms with Gasteiger partial charge >= 0.3 is 0 Å². The molecule has 4 rings (SSSR count). The van der Waals surface area contributed by atoms with Crippen LogP contribution in [0.1, 0.15) is 36.1 Å². The van der Waals surface area contributed by atoms with E-state index in [0.29, 0.717) is 58.8 Å². The van der Waals surface area contributed by atoms with Crippen molar-refractivity contribution in [2.24, 2.45) is 5.92 Å². The van der Waals surface area contributed by atoms with Crippen LogP contribution in [-0.4, -0.2) is 41.9 Å². The minimum atomic E-state index is -3.76.